The van der Waals surface area contributed by atoms with Crippen LogP contribution in [0.2, 0.25) is 0 Å². The number of aryl methyl sites for hydroxylation is 3. The molecular weight excluding hydrogens is 593 g/mol. The van der Waals surface area contributed by atoms with Crippen LogP contribution in [0.4, 0.5) is 0 Å². The van der Waals surface area contributed by atoms with Crippen molar-refractivity contribution in [1.29, 1.82) is 0 Å². The van der Waals surface area contributed by atoms with Gasteiger partial charge in [-0.15, -0.1) is 0 Å². The predicted octanol–water partition coefficient (Wildman–Crippen LogP) is 12.8. The summed E-state index contributed by atoms with van der Waals surface area (Å²) >= 11 is 0. The Hall–Kier alpha value is -4.95. The van der Waals surface area contributed by atoms with Gasteiger partial charge in [0.2, 0.25) is 0 Å². The van der Waals surface area contributed by atoms with Gasteiger partial charge in [0.15, 0.2) is 0 Å². The number of nitrogens with one attached hydrogen (secondary N) is 1. The zero-order valence-electron chi connectivity index (χ0n) is 30.6. The van der Waals surface area contributed by atoms with Crippen LogP contribution in [0.1, 0.15) is 69.2 Å². The van der Waals surface area contributed by atoms with Gasteiger partial charge in [0.05, 0.1) is 0 Å². The maximum atomic E-state index is 3.87. The summed E-state index contributed by atoms with van der Waals surface area (Å²) in [5.41, 5.74) is 8.33. The van der Waals surface area contributed by atoms with Crippen molar-refractivity contribution in [2.24, 2.45) is 4.99 Å². The Bertz CT molecular complexity index is 2020. The molecule has 0 saturated carbocycles. The van der Waals surface area contributed by atoms with Crippen LogP contribution >= 0.6 is 0 Å². The number of hydrogen-bond acceptors (Lipinski definition) is 2. The first kappa shape index (κ1) is 36.9. The van der Waals surface area contributed by atoms with E-state index in [2.05, 4.69) is 159 Å². The fourth-order valence-corrected chi connectivity index (χ4v) is 6.42. The van der Waals surface area contributed by atoms with Crippen LogP contribution in [-0.4, -0.2) is 19.3 Å². The summed E-state index contributed by atoms with van der Waals surface area (Å²) < 4.78 is 0. The molecule has 1 N–H and O–H groups in total. The van der Waals surface area contributed by atoms with Gasteiger partial charge in [0.25, 0.3) is 0 Å². The number of allylic oxidation sites excluding steroid dienone is 8. The maximum Gasteiger partial charge on any atom is 0.0277 e. The van der Waals surface area contributed by atoms with Gasteiger partial charge >= 0.3 is 0 Å². The molecule has 0 spiro atoms. The molecule has 0 radical (unpaired) electrons. The summed E-state index contributed by atoms with van der Waals surface area (Å²) in [5, 5.41) is 11.5. The van der Waals surface area contributed by atoms with Gasteiger partial charge in [-0.05, 0) is 120 Å². The maximum absolute atomic E-state index is 3.87. The van der Waals surface area contributed by atoms with Crippen molar-refractivity contribution in [2.45, 2.75) is 73.3 Å². The molecule has 2 nitrogen and oxygen atoms in total. The minimum absolute atomic E-state index is 0.681. The number of aliphatic imine (C=N–C) groups is 1. The molecule has 1 unspecified atom stereocenters. The lowest BCUT2D eigenvalue weighted by atomic mass is 9.90. The van der Waals surface area contributed by atoms with E-state index in [-0.39, 0.29) is 0 Å². The zero-order valence-corrected chi connectivity index (χ0v) is 30.6. The molecule has 2 aliphatic carbocycles. The van der Waals surface area contributed by atoms with Gasteiger partial charge in [-0.2, -0.15) is 0 Å². The number of hydrogen-bond donors (Lipinski definition) is 1. The second-order valence-corrected chi connectivity index (χ2v) is 12.5. The Kier molecular flexibility index (Phi) is 14.4. The zero-order chi connectivity index (χ0) is 35.0. The Morgan fingerprint density at radius 2 is 1.35 bits per heavy atom. The van der Waals surface area contributed by atoms with Crippen LogP contribution < -0.4 is 5.32 Å². The van der Waals surface area contributed by atoms with E-state index < -0.39 is 0 Å². The molecule has 0 fully saturated rings. The van der Waals surface area contributed by atoms with Crippen molar-refractivity contribution in [3.63, 3.8) is 0 Å². The molecule has 0 aromatic heterocycles. The largest absolute Gasteiger partial charge is 0.386 e. The fourth-order valence-electron chi connectivity index (χ4n) is 6.42. The first-order valence-corrected chi connectivity index (χ1v) is 17.9. The minimum atomic E-state index is 0.681. The monoisotopic (exact) mass is 646 g/mol. The van der Waals surface area contributed by atoms with E-state index in [4.69, 9.17) is 0 Å². The summed E-state index contributed by atoms with van der Waals surface area (Å²) in [6.07, 6.45) is 23.6. The Morgan fingerprint density at radius 1 is 0.714 bits per heavy atom. The van der Waals surface area contributed by atoms with Crippen molar-refractivity contribution in [2.75, 3.05) is 7.05 Å². The molecule has 0 saturated heterocycles. The van der Waals surface area contributed by atoms with Gasteiger partial charge in [0, 0.05) is 25.0 Å². The molecule has 3 aliphatic rings. The summed E-state index contributed by atoms with van der Waals surface area (Å²) in [5.74, 6) is 0. The number of nitrogens with zero attached hydrogens (tertiary/aromatic N) is 1. The molecule has 8 rings (SSSR count). The summed E-state index contributed by atoms with van der Waals surface area (Å²) in [6, 6.07) is 31.1. The fraction of sp³-hybridized carbons (Fsp3) is 0.255. The van der Waals surface area contributed by atoms with E-state index in [1.165, 1.54) is 85.1 Å². The molecule has 1 atom stereocenters. The molecule has 5 aromatic carbocycles. The minimum Gasteiger partial charge on any atom is -0.386 e. The van der Waals surface area contributed by atoms with Crippen LogP contribution in [0, 0.1) is 13.8 Å². The van der Waals surface area contributed by atoms with E-state index in [0.717, 1.165) is 6.42 Å². The molecule has 0 amide bonds. The highest BCUT2D eigenvalue weighted by Gasteiger charge is 2.10. The second-order valence-electron chi connectivity index (χ2n) is 12.5. The molecule has 49 heavy (non-hydrogen) atoms. The first-order chi connectivity index (χ1) is 23.9. The lowest BCUT2D eigenvalue weighted by Gasteiger charge is -2.15. The number of fused-ring (bicyclic) bond motifs is 6. The van der Waals surface area contributed by atoms with Crippen LogP contribution in [0.5, 0.6) is 0 Å². The molecule has 0 bridgehead atoms. The van der Waals surface area contributed by atoms with Gasteiger partial charge in [-0.1, -0.05) is 141 Å². The standard InChI is InChI=1S/C15H14.C15H12.C9H11N.C6H11N.C2H6/c2*1-11-10-12-6-2-3-8-14(12)15-9-5-4-7-13(11)15;1-10-8-7-9-5-3-2-4-6-9;1-5-3-4-6(2)7-5;1-2/h3-5,7-10H,2,6H2,1H3;2-10H,1H3;2-5,7-8H,6H2,1H3;3,6-7H,4H2,1-2H3;1-2H3/b;;9-7-,10-8?;;. The van der Waals surface area contributed by atoms with Crippen LogP contribution in [-0.2, 0) is 6.42 Å². The Balaban J connectivity index is 0.000000150. The lowest BCUT2D eigenvalue weighted by molar-refractivity contribution is 0.671. The Labute approximate surface area is 295 Å². The normalized spacial score (nSPS) is 16.3. The molecule has 1 heterocycles. The van der Waals surface area contributed by atoms with E-state index >= 15 is 0 Å². The smallest absolute Gasteiger partial charge is 0.0277 e. The summed E-state index contributed by atoms with van der Waals surface area (Å²) in [6.45, 7) is 12.7. The lowest BCUT2D eigenvalue weighted by Crippen LogP contribution is -2.16. The Morgan fingerprint density at radius 3 is 1.96 bits per heavy atom. The van der Waals surface area contributed by atoms with E-state index in [1.54, 1.807) is 7.05 Å². The molecular formula is C47H54N2. The SMILES string of the molecule is CC.CC1=CCC(C)N1.CN=C/C=C1/C=CC=CC1.Cc1cc2c(c3ccccc13)C=CCC2.Cc1cc2ccccc2c2ccccc12. The highest BCUT2D eigenvalue weighted by Crippen LogP contribution is 2.30. The first-order valence-electron chi connectivity index (χ1n) is 17.9. The van der Waals surface area contributed by atoms with Gasteiger partial charge in [-0.25, -0.2) is 0 Å². The van der Waals surface area contributed by atoms with Crippen LogP contribution in [0.15, 0.2) is 144 Å². The highest BCUT2D eigenvalue weighted by molar-refractivity contribution is 6.08. The van der Waals surface area contributed by atoms with E-state index in [0.29, 0.717) is 6.04 Å². The summed E-state index contributed by atoms with van der Waals surface area (Å²) in [7, 11) is 1.78. The van der Waals surface area contributed by atoms with E-state index in [1.807, 2.05) is 32.2 Å². The molecule has 1 aliphatic heterocycles. The highest BCUT2D eigenvalue weighted by atomic mass is 14.9. The van der Waals surface area contributed by atoms with Gasteiger partial charge in [-0.3, -0.25) is 4.99 Å². The number of rotatable bonds is 1. The van der Waals surface area contributed by atoms with Crippen molar-refractivity contribution in [3.8, 4) is 0 Å². The average Bonchev–Trinajstić information content (AvgIpc) is 3.55. The van der Waals surface area contributed by atoms with Gasteiger partial charge < -0.3 is 5.32 Å². The third kappa shape index (κ3) is 10.3. The summed E-state index contributed by atoms with van der Waals surface area (Å²) in [4.78, 5) is 3.87. The molecule has 5 aromatic rings. The van der Waals surface area contributed by atoms with Crippen LogP contribution in [0.25, 0.3) is 38.4 Å². The molecule has 2 heteroatoms. The second kappa shape index (κ2) is 19.1. The number of benzene rings is 5. The van der Waals surface area contributed by atoms with E-state index in [9.17, 15) is 0 Å². The predicted molar refractivity (Wildman–Crippen MR) is 220 cm³/mol. The third-order valence-corrected chi connectivity index (χ3v) is 8.82. The van der Waals surface area contributed by atoms with Gasteiger partial charge in [0.1, 0.15) is 0 Å². The topological polar surface area (TPSA) is 24.4 Å². The quantitative estimate of drug-likeness (QED) is 0.142. The van der Waals surface area contributed by atoms with Crippen molar-refractivity contribution < 1.29 is 0 Å². The third-order valence-electron chi connectivity index (χ3n) is 8.82. The van der Waals surface area contributed by atoms with Crippen molar-refractivity contribution in [1.82, 2.24) is 5.32 Å². The van der Waals surface area contributed by atoms with Crippen molar-refractivity contribution >= 4 is 44.6 Å². The van der Waals surface area contributed by atoms with Crippen LogP contribution in [0.3, 0.4) is 0 Å². The van der Waals surface area contributed by atoms with Crippen molar-refractivity contribution in [3.05, 3.63) is 161 Å². The molecule has 252 valence electrons. The average molecular weight is 647 g/mol.